The Labute approximate surface area is 188 Å². The van der Waals surface area contributed by atoms with E-state index in [1.807, 2.05) is 0 Å². The third kappa shape index (κ3) is 8.32. The van der Waals surface area contributed by atoms with E-state index in [9.17, 15) is 0 Å². The van der Waals surface area contributed by atoms with Crippen molar-refractivity contribution in [2.24, 2.45) is 10.8 Å². The molecule has 25 heavy (non-hydrogen) atoms. The van der Waals surface area contributed by atoms with Crippen LogP contribution < -0.4 is 24.8 Å². The average molecular weight is 461 g/mol. The molecule has 0 aliphatic heterocycles. The van der Waals surface area contributed by atoms with Gasteiger partial charge in [-0.15, -0.1) is 12.8 Å². The summed E-state index contributed by atoms with van der Waals surface area (Å²) in [4.78, 5) is 0. The quantitative estimate of drug-likeness (QED) is 0.550. The van der Waals surface area contributed by atoms with Crippen LogP contribution in [-0.2, 0) is 26.2 Å². The second-order valence-electron chi connectivity index (χ2n) is 7.72. The van der Waals surface area contributed by atoms with E-state index in [1.165, 1.54) is 35.1 Å². The summed E-state index contributed by atoms with van der Waals surface area (Å²) in [5, 5.41) is 0. The molecule has 0 unspecified atom stereocenters. The van der Waals surface area contributed by atoms with Crippen LogP contribution in [0.2, 0.25) is 0 Å². The Kier molecular flexibility index (Phi) is 15.4. The molecule has 2 aliphatic rings. The van der Waals surface area contributed by atoms with Crippen LogP contribution in [0.25, 0.3) is 0 Å². The van der Waals surface area contributed by atoms with Crippen molar-refractivity contribution in [2.45, 2.75) is 81.1 Å². The number of allylic oxidation sites excluding steroid dienone is 8. The average Bonchev–Trinajstić information content (AvgIpc) is 3.08. The Morgan fingerprint density at radius 2 is 1.04 bits per heavy atom. The predicted molar refractivity (Wildman–Crippen MR) is 98.4 cm³/mol. The summed E-state index contributed by atoms with van der Waals surface area (Å²) in [5.74, 6) is 0. The topological polar surface area (TPSA) is 0 Å². The smallest absolute Gasteiger partial charge is 1.00 e. The van der Waals surface area contributed by atoms with E-state index < -0.39 is 0 Å². The van der Waals surface area contributed by atoms with Gasteiger partial charge in [0.05, 0.1) is 0 Å². The zero-order valence-electron chi connectivity index (χ0n) is 17.2. The van der Waals surface area contributed by atoms with E-state index in [0.717, 1.165) is 12.8 Å². The van der Waals surface area contributed by atoms with Gasteiger partial charge in [0.1, 0.15) is 0 Å². The minimum atomic E-state index is 0. The number of rotatable bonds is 4. The largest absolute Gasteiger partial charge is 4.00 e. The second-order valence-corrected chi connectivity index (χ2v) is 7.72. The van der Waals surface area contributed by atoms with Crippen molar-refractivity contribution in [3.8, 4) is 0 Å². The molecule has 0 aromatic rings. The third-order valence-corrected chi connectivity index (χ3v) is 5.38. The normalized spacial score (nSPS) is 16.0. The Bertz CT molecular complexity index is 472. The molecule has 0 nitrogen and oxygen atoms in total. The summed E-state index contributed by atoms with van der Waals surface area (Å²) in [5.41, 5.74) is 6.43. The van der Waals surface area contributed by atoms with Crippen LogP contribution in [0.3, 0.4) is 0 Å². The minimum absolute atomic E-state index is 0. The van der Waals surface area contributed by atoms with Crippen molar-refractivity contribution in [1.82, 2.24) is 0 Å². The van der Waals surface area contributed by atoms with Gasteiger partial charge in [0.25, 0.3) is 0 Å². The molecule has 0 saturated carbocycles. The third-order valence-electron chi connectivity index (χ3n) is 5.38. The Balaban J connectivity index is -0.000000346. The molecule has 3 heteroatoms. The van der Waals surface area contributed by atoms with Gasteiger partial charge < -0.3 is 24.8 Å². The summed E-state index contributed by atoms with van der Waals surface area (Å²) in [6, 6.07) is 0. The van der Waals surface area contributed by atoms with E-state index in [2.05, 4.69) is 79.7 Å². The van der Waals surface area contributed by atoms with Crippen LogP contribution in [0.4, 0.5) is 0 Å². The molecule has 2 rings (SSSR count). The SMILES string of the molecule is CCC(C)(C)C1=CC[C-]=C1C.CCC(C)(C)C1=CC[C-]=C1C.[Cl-].[Cl-].[Zr+4]. The van der Waals surface area contributed by atoms with Crippen molar-refractivity contribution >= 4 is 0 Å². The molecule has 2 aliphatic carbocycles. The molecule has 0 N–H and O–H groups in total. The van der Waals surface area contributed by atoms with Crippen molar-refractivity contribution < 1.29 is 51.0 Å². The van der Waals surface area contributed by atoms with Gasteiger partial charge in [0.2, 0.25) is 0 Å². The zero-order chi connectivity index (χ0) is 17.0. The fourth-order valence-corrected chi connectivity index (χ4v) is 3.06. The molecule has 0 bridgehead atoms. The first-order chi connectivity index (χ1) is 10.2. The molecule has 0 spiro atoms. The van der Waals surface area contributed by atoms with Gasteiger partial charge in [-0.1, -0.05) is 79.1 Å². The van der Waals surface area contributed by atoms with E-state index in [4.69, 9.17) is 0 Å². The molecule has 0 atom stereocenters. The molecule has 0 saturated heterocycles. The first kappa shape index (κ1) is 30.2. The molecule has 0 aromatic heterocycles. The Morgan fingerprint density at radius 3 is 1.20 bits per heavy atom. The molecular formula is C22H34Cl2Zr. The summed E-state index contributed by atoms with van der Waals surface area (Å²) < 4.78 is 0. The van der Waals surface area contributed by atoms with E-state index in [1.54, 1.807) is 0 Å². The van der Waals surface area contributed by atoms with Crippen LogP contribution >= 0.6 is 0 Å². The fourth-order valence-electron chi connectivity index (χ4n) is 3.06. The summed E-state index contributed by atoms with van der Waals surface area (Å²) in [6.45, 7) is 18.0. The van der Waals surface area contributed by atoms with Crippen LogP contribution in [0.5, 0.6) is 0 Å². The van der Waals surface area contributed by atoms with Gasteiger partial charge in [-0.05, 0) is 0 Å². The first-order valence-electron chi connectivity index (χ1n) is 8.72. The molecule has 0 aromatic carbocycles. The number of hydrogen-bond acceptors (Lipinski definition) is 0. The molecule has 140 valence electrons. The molecule has 0 amide bonds. The van der Waals surface area contributed by atoms with Gasteiger partial charge in [0, 0.05) is 0 Å². The second kappa shape index (κ2) is 12.7. The first-order valence-corrected chi connectivity index (χ1v) is 8.72. The maximum atomic E-state index is 3.33. The molecule has 0 heterocycles. The Hall–Kier alpha value is 0.423. The van der Waals surface area contributed by atoms with Gasteiger partial charge in [-0.2, -0.15) is 23.3 Å². The minimum Gasteiger partial charge on any atom is -1.00 e. The van der Waals surface area contributed by atoms with E-state index >= 15 is 0 Å². The summed E-state index contributed by atoms with van der Waals surface area (Å²) in [6.07, 6.45) is 15.7. The summed E-state index contributed by atoms with van der Waals surface area (Å²) >= 11 is 0. The van der Waals surface area contributed by atoms with Crippen molar-refractivity contribution in [1.29, 1.82) is 0 Å². The molecule has 0 radical (unpaired) electrons. The van der Waals surface area contributed by atoms with Crippen LogP contribution in [0.1, 0.15) is 81.1 Å². The maximum Gasteiger partial charge on any atom is 4.00 e. The number of halogens is 2. The van der Waals surface area contributed by atoms with E-state index in [0.29, 0.717) is 10.8 Å². The monoisotopic (exact) mass is 458 g/mol. The van der Waals surface area contributed by atoms with Gasteiger partial charge in [-0.25, -0.2) is 11.1 Å². The van der Waals surface area contributed by atoms with Gasteiger partial charge in [-0.3, -0.25) is 12.2 Å². The van der Waals surface area contributed by atoms with Crippen LogP contribution in [0.15, 0.2) is 34.4 Å². The van der Waals surface area contributed by atoms with Crippen molar-refractivity contribution in [3.05, 3.63) is 46.6 Å². The van der Waals surface area contributed by atoms with Crippen LogP contribution in [0, 0.1) is 23.0 Å². The number of hydrogen-bond donors (Lipinski definition) is 0. The predicted octanol–water partition coefficient (Wildman–Crippen LogP) is 1.01. The van der Waals surface area contributed by atoms with Crippen molar-refractivity contribution in [3.63, 3.8) is 0 Å². The van der Waals surface area contributed by atoms with Gasteiger partial charge >= 0.3 is 26.2 Å². The summed E-state index contributed by atoms with van der Waals surface area (Å²) in [7, 11) is 0. The molecular weight excluding hydrogens is 426 g/mol. The zero-order valence-corrected chi connectivity index (χ0v) is 21.2. The van der Waals surface area contributed by atoms with Crippen molar-refractivity contribution in [2.75, 3.05) is 0 Å². The fraction of sp³-hybridized carbons (Fsp3) is 0.636. The van der Waals surface area contributed by atoms with E-state index in [-0.39, 0.29) is 51.0 Å². The van der Waals surface area contributed by atoms with Crippen LogP contribution in [-0.4, -0.2) is 0 Å². The maximum absolute atomic E-state index is 3.33. The molecule has 0 fully saturated rings. The Morgan fingerprint density at radius 1 is 0.760 bits per heavy atom. The standard InChI is InChI=1S/2C11H17.2ClH.Zr/c2*1-5-11(3,4)10-8-6-7-9(10)2;;;/h2*8H,5-6H2,1-4H3;2*1H;/q2*-1;;;+4/p-2. The van der Waals surface area contributed by atoms with Gasteiger partial charge in [0.15, 0.2) is 0 Å².